The maximum Gasteiger partial charge on any atom is 0.238 e. The van der Waals surface area contributed by atoms with E-state index in [1.807, 2.05) is 0 Å². The van der Waals surface area contributed by atoms with E-state index in [4.69, 9.17) is 11.6 Å². The van der Waals surface area contributed by atoms with Crippen LogP contribution in [0.4, 0.5) is 10.1 Å². The van der Waals surface area contributed by atoms with Crippen LogP contribution in [0, 0.1) is 5.82 Å². The van der Waals surface area contributed by atoms with E-state index < -0.39 is 10.0 Å². The Bertz CT molecular complexity index is 961. The number of halogens is 2. The molecule has 0 unspecified atom stereocenters. The summed E-state index contributed by atoms with van der Waals surface area (Å²) in [5.41, 5.74) is 1.54. The van der Waals surface area contributed by atoms with E-state index in [2.05, 4.69) is 4.90 Å². The summed E-state index contributed by atoms with van der Waals surface area (Å²) in [6.45, 7) is 1.95. The number of anilines is 1. The molecular weight excluding hydrogens is 417 g/mol. The van der Waals surface area contributed by atoms with Crippen molar-refractivity contribution in [1.29, 1.82) is 0 Å². The molecule has 0 N–H and O–H groups in total. The van der Waals surface area contributed by atoms with Crippen molar-refractivity contribution in [2.24, 2.45) is 0 Å². The number of rotatable bonds is 6. The molecule has 0 aromatic heterocycles. The van der Waals surface area contributed by atoms with E-state index in [-0.39, 0.29) is 24.8 Å². The molecule has 0 saturated carbocycles. The van der Waals surface area contributed by atoms with Crippen molar-refractivity contribution >= 4 is 33.2 Å². The van der Waals surface area contributed by atoms with Crippen molar-refractivity contribution in [2.45, 2.75) is 6.54 Å². The zero-order valence-electron chi connectivity index (χ0n) is 16.1. The van der Waals surface area contributed by atoms with Gasteiger partial charge in [0.05, 0.1) is 12.8 Å². The van der Waals surface area contributed by atoms with E-state index in [1.165, 1.54) is 12.1 Å². The molecule has 0 aliphatic carbocycles. The third-order valence-corrected chi connectivity index (χ3v) is 6.47. The van der Waals surface area contributed by atoms with Crippen LogP contribution < -0.4 is 4.90 Å². The lowest BCUT2D eigenvalue weighted by Crippen LogP contribution is -2.51. The van der Waals surface area contributed by atoms with Gasteiger partial charge in [0.15, 0.2) is 0 Å². The number of carbonyl (C=O) groups is 1. The Morgan fingerprint density at radius 1 is 1.07 bits per heavy atom. The highest BCUT2D eigenvalue weighted by atomic mass is 35.5. The van der Waals surface area contributed by atoms with Crippen molar-refractivity contribution in [3.05, 3.63) is 64.9 Å². The second-order valence-electron chi connectivity index (χ2n) is 6.97. The summed E-state index contributed by atoms with van der Waals surface area (Å²) in [6.07, 6.45) is 1.09. The van der Waals surface area contributed by atoms with Crippen LogP contribution in [-0.4, -0.2) is 62.5 Å². The average molecular weight is 440 g/mol. The normalized spacial score (nSPS) is 15.0. The van der Waals surface area contributed by atoms with Gasteiger partial charge in [-0.15, -0.1) is 0 Å². The van der Waals surface area contributed by atoms with E-state index in [0.29, 0.717) is 36.8 Å². The number of hydrogen-bond donors (Lipinski definition) is 0. The van der Waals surface area contributed by atoms with Gasteiger partial charge in [-0.05, 0) is 35.9 Å². The quantitative estimate of drug-likeness (QED) is 0.694. The molecule has 9 heteroatoms. The highest BCUT2D eigenvalue weighted by Gasteiger charge is 2.27. The Hall–Kier alpha value is -2.16. The number of nitrogens with zero attached hydrogens (tertiary/aromatic N) is 3. The molecule has 0 bridgehead atoms. The number of carbonyl (C=O) groups excluding carboxylic acids is 1. The number of benzene rings is 2. The molecular formula is C20H23ClFN3O3S. The summed E-state index contributed by atoms with van der Waals surface area (Å²) in [6, 6.07) is 13.2. The van der Waals surface area contributed by atoms with Crippen LogP contribution in [0.3, 0.4) is 0 Å². The molecule has 0 atom stereocenters. The SMILES string of the molecule is CS(=O)(=O)N(CC(=O)N1CCN(c2ccc(F)cc2)CC1)Cc1ccccc1Cl. The third-order valence-electron chi connectivity index (χ3n) is 4.91. The van der Waals surface area contributed by atoms with Crippen molar-refractivity contribution in [3.8, 4) is 0 Å². The van der Waals surface area contributed by atoms with Gasteiger partial charge in [-0.1, -0.05) is 29.8 Å². The zero-order valence-corrected chi connectivity index (χ0v) is 17.7. The third kappa shape index (κ3) is 5.68. The minimum absolute atomic E-state index is 0.0415. The van der Waals surface area contributed by atoms with Crippen LogP contribution in [0.1, 0.15) is 5.56 Å². The maximum atomic E-state index is 13.1. The van der Waals surface area contributed by atoms with Crippen LogP contribution >= 0.6 is 11.6 Å². The average Bonchev–Trinajstić information content (AvgIpc) is 2.69. The molecule has 1 saturated heterocycles. The summed E-state index contributed by atoms with van der Waals surface area (Å²) >= 11 is 6.14. The Morgan fingerprint density at radius 2 is 1.69 bits per heavy atom. The number of hydrogen-bond acceptors (Lipinski definition) is 4. The van der Waals surface area contributed by atoms with Crippen LogP contribution in [0.15, 0.2) is 48.5 Å². The molecule has 2 aromatic rings. The van der Waals surface area contributed by atoms with Crippen molar-refractivity contribution in [1.82, 2.24) is 9.21 Å². The zero-order chi connectivity index (χ0) is 21.0. The molecule has 1 aliphatic heterocycles. The predicted octanol–water partition coefficient (Wildman–Crippen LogP) is 2.59. The Morgan fingerprint density at radius 3 is 2.28 bits per heavy atom. The molecule has 156 valence electrons. The minimum Gasteiger partial charge on any atom is -0.368 e. The molecule has 0 spiro atoms. The molecule has 6 nitrogen and oxygen atoms in total. The lowest BCUT2D eigenvalue weighted by Gasteiger charge is -2.36. The summed E-state index contributed by atoms with van der Waals surface area (Å²) < 4.78 is 38.6. The van der Waals surface area contributed by atoms with Crippen molar-refractivity contribution < 1.29 is 17.6 Å². The summed E-state index contributed by atoms with van der Waals surface area (Å²) in [5.74, 6) is -0.539. The van der Waals surface area contributed by atoms with Gasteiger partial charge in [0.25, 0.3) is 0 Å². The molecule has 0 radical (unpaired) electrons. The van der Waals surface area contributed by atoms with E-state index >= 15 is 0 Å². The molecule has 3 rings (SSSR count). The van der Waals surface area contributed by atoms with Gasteiger partial charge < -0.3 is 9.80 Å². The molecule has 1 fully saturated rings. The fraction of sp³-hybridized carbons (Fsp3) is 0.350. The fourth-order valence-corrected chi connectivity index (χ4v) is 4.14. The van der Waals surface area contributed by atoms with Crippen molar-refractivity contribution in [2.75, 3.05) is 43.9 Å². The Labute approximate surface area is 175 Å². The molecule has 1 amide bonds. The van der Waals surface area contributed by atoms with Crippen LogP contribution in [0.2, 0.25) is 5.02 Å². The largest absolute Gasteiger partial charge is 0.368 e. The maximum absolute atomic E-state index is 13.1. The smallest absolute Gasteiger partial charge is 0.238 e. The Kier molecular flexibility index (Phi) is 6.77. The second-order valence-corrected chi connectivity index (χ2v) is 9.36. The number of amides is 1. The standard InChI is InChI=1S/C20H23ClFN3O3S/c1-29(27,28)25(14-16-4-2-3-5-19(16)21)15-20(26)24-12-10-23(11-13-24)18-8-6-17(22)7-9-18/h2-9H,10-15H2,1H3. The fourth-order valence-electron chi connectivity index (χ4n) is 3.22. The van der Waals surface area contributed by atoms with Crippen LogP contribution in [-0.2, 0) is 21.4 Å². The lowest BCUT2D eigenvalue weighted by molar-refractivity contribution is -0.131. The topological polar surface area (TPSA) is 60.9 Å². The van der Waals surface area contributed by atoms with E-state index in [1.54, 1.807) is 41.3 Å². The van der Waals surface area contributed by atoms with Gasteiger partial charge >= 0.3 is 0 Å². The van der Waals surface area contributed by atoms with Gasteiger partial charge in [-0.3, -0.25) is 4.79 Å². The molecule has 2 aromatic carbocycles. The predicted molar refractivity (Wildman–Crippen MR) is 112 cm³/mol. The monoisotopic (exact) mass is 439 g/mol. The second kappa shape index (κ2) is 9.11. The van der Waals surface area contributed by atoms with E-state index in [0.717, 1.165) is 16.2 Å². The highest BCUT2D eigenvalue weighted by Crippen LogP contribution is 2.20. The molecule has 1 heterocycles. The number of sulfonamides is 1. The number of piperazine rings is 1. The molecule has 29 heavy (non-hydrogen) atoms. The van der Waals surface area contributed by atoms with Gasteiger partial charge in [0, 0.05) is 43.4 Å². The summed E-state index contributed by atoms with van der Waals surface area (Å²) in [7, 11) is -3.59. The first-order valence-electron chi connectivity index (χ1n) is 9.21. The van der Waals surface area contributed by atoms with Gasteiger partial charge in [0.2, 0.25) is 15.9 Å². The first-order chi connectivity index (χ1) is 13.7. The Balaban J connectivity index is 1.62. The highest BCUT2D eigenvalue weighted by molar-refractivity contribution is 7.88. The summed E-state index contributed by atoms with van der Waals surface area (Å²) in [4.78, 5) is 16.5. The molecule has 1 aliphatic rings. The van der Waals surface area contributed by atoms with E-state index in [9.17, 15) is 17.6 Å². The lowest BCUT2D eigenvalue weighted by atomic mass is 10.2. The summed E-state index contributed by atoms with van der Waals surface area (Å²) in [5, 5.41) is 0.460. The minimum atomic E-state index is -3.59. The van der Waals surface area contributed by atoms with Crippen LogP contribution in [0.5, 0.6) is 0 Å². The van der Waals surface area contributed by atoms with Crippen LogP contribution in [0.25, 0.3) is 0 Å². The van der Waals surface area contributed by atoms with Gasteiger partial charge in [-0.25, -0.2) is 12.8 Å². The first-order valence-corrected chi connectivity index (χ1v) is 11.4. The van der Waals surface area contributed by atoms with Gasteiger partial charge in [0.1, 0.15) is 5.82 Å². The van der Waals surface area contributed by atoms with Crippen molar-refractivity contribution in [3.63, 3.8) is 0 Å². The van der Waals surface area contributed by atoms with Gasteiger partial charge in [-0.2, -0.15) is 4.31 Å². The first kappa shape index (κ1) is 21.5.